The first-order valence-corrected chi connectivity index (χ1v) is 6.66. The van der Waals surface area contributed by atoms with Gasteiger partial charge >= 0.3 is 0 Å². The summed E-state index contributed by atoms with van der Waals surface area (Å²) in [5, 5.41) is 0. The predicted molar refractivity (Wildman–Crippen MR) is 67.1 cm³/mol. The summed E-state index contributed by atoms with van der Waals surface area (Å²) in [7, 11) is 0. The molecule has 1 aliphatic heterocycles. The zero-order valence-electron chi connectivity index (χ0n) is 11.0. The number of nitrogens with two attached hydrogens (primary N) is 1. The monoisotopic (exact) mass is 226 g/mol. The lowest BCUT2D eigenvalue weighted by Crippen LogP contribution is -2.49. The average Bonchev–Trinajstić information content (AvgIpc) is 2.79. The van der Waals surface area contributed by atoms with Crippen LogP contribution in [0.4, 0.5) is 0 Å². The Balaban J connectivity index is 2.82. The van der Waals surface area contributed by atoms with E-state index in [0.29, 0.717) is 18.5 Å². The van der Waals surface area contributed by atoms with Crippen molar-refractivity contribution in [2.75, 3.05) is 13.1 Å². The summed E-state index contributed by atoms with van der Waals surface area (Å²) in [5.41, 5.74) is 5.53. The number of rotatable bonds is 5. The van der Waals surface area contributed by atoms with Crippen LogP contribution < -0.4 is 5.73 Å². The molecule has 1 fully saturated rings. The van der Waals surface area contributed by atoms with Crippen LogP contribution in [-0.2, 0) is 4.79 Å². The number of hydrogen-bond acceptors (Lipinski definition) is 2. The summed E-state index contributed by atoms with van der Waals surface area (Å²) < 4.78 is 0. The van der Waals surface area contributed by atoms with Crippen LogP contribution in [0.3, 0.4) is 0 Å². The molecule has 16 heavy (non-hydrogen) atoms. The largest absolute Gasteiger partial charge is 0.339 e. The third-order valence-corrected chi connectivity index (χ3v) is 4.31. The van der Waals surface area contributed by atoms with Gasteiger partial charge < -0.3 is 10.6 Å². The fourth-order valence-electron chi connectivity index (χ4n) is 2.76. The van der Waals surface area contributed by atoms with Crippen LogP contribution in [0.5, 0.6) is 0 Å². The lowest BCUT2D eigenvalue weighted by molar-refractivity contribution is -0.143. The highest BCUT2D eigenvalue weighted by Gasteiger charge is 2.40. The van der Waals surface area contributed by atoms with Gasteiger partial charge in [0.2, 0.25) is 5.91 Å². The lowest BCUT2D eigenvalue weighted by Gasteiger charge is -2.36. The smallest absolute Gasteiger partial charge is 0.230 e. The topological polar surface area (TPSA) is 46.3 Å². The number of nitrogens with zero attached hydrogens (tertiary/aromatic N) is 1. The Morgan fingerprint density at radius 3 is 2.44 bits per heavy atom. The summed E-state index contributed by atoms with van der Waals surface area (Å²) in [6.45, 7) is 7.72. The Morgan fingerprint density at radius 1 is 1.38 bits per heavy atom. The molecule has 0 radical (unpaired) electrons. The average molecular weight is 226 g/mol. The SMILES string of the molecule is CCC1CCCN1C(=O)C(CC)(CC)CN. The minimum Gasteiger partial charge on any atom is -0.339 e. The zero-order valence-corrected chi connectivity index (χ0v) is 11.0. The molecule has 0 aromatic heterocycles. The highest BCUT2D eigenvalue weighted by atomic mass is 16.2. The van der Waals surface area contributed by atoms with Gasteiger partial charge in [0, 0.05) is 19.1 Å². The molecule has 94 valence electrons. The zero-order chi connectivity index (χ0) is 12.2. The molecule has 1 aliphatic rings. The van der Waals surface area contributed by atoms with E-state index in [2.05, 4.69) is 25.7 Å². The molecule has 2 N–H and O–H groups in total. The van der Waals surface area contributed by atoms with Crippen LogP contribution in [-0.4, -0.2) is 29.9 Å². The Morgan fingerprint density at radius 2 is 2.00 bits per heavy atom. The molecule has 0 aliphatic carbocycles. The Bertz CT molecular complexity index is 228. The molecule has 0 aromatic carbocycles. The van der Waals surface area contributed by atoms with Crippen molar-refractivity contribution in [3.63, 3.8) is 0 Å². The second-order valence-corrected chi connectivity index (χ2v) is 4.89. The molecule has 1 unspecified atom stereocenters. The van der Waals surface area contributed by atoms with Crippen molar-refractivity contribution in [3.05, 3.63) is 0 Å². The van der Waals surface area contributed by atoms with Gasteiger partial charge in [-0.15, -0.1) is 0 Å². The Labute approximate surface area is 99.4 Å². The predicted octanol–water partition coefficient (Wildman–Crippen LogP) is 2.15. The highest BCUT2D eigenvalue weighted by Crippen LogP contribution is 2.32. The summed E-state index contributed by atoms with van der Waals surface area (Å²) in [5.74, 6) is 0.296. The van der Waals surface area contributed by atoms with E-state index >= 15 is 0 Å². The van der Waals surface area contributed by atoms with Gasteiger partial charge in [0.05, 0.1) is 5.41 Å². The molecule has 1 saturated heterocycles. The maximum Gasteiger partial charge on any atom is 0.230 e. The number of amides is 1. The van der Waals surface area contributed by atoms with Crippen molar-refractivity contribution in [3.8, 4) is 0 Å². The quantitative estimate of drug-likeness (QED) is 0.781. The van der Waals surface area contributed by atoms with Crippen LogP contribution in [0.1, 0.15) is 52.9 Å². The van der Waals surface area contributed by atoms with E-state index in [0.717, 1.165) is 38.6 Å². The molecule has 0 bridgehead atoms. The van der Waals surface area contributed by atoms with Gasteiger partial charge in [0.25, 0.3) is 0 Å². The van der Waals surface area contributed by atoms with Gasteiger partial charge in [0.15, 0.2) is 0 Å². The maximum absolute atomic E-state index is 12.6. The molecule has 0 aromatic rings. The lowest BCUT2D eigenvalue weighted by atomic mass is 9.80. The third-order valence-electron chi connectivity index (χ3n) is 4.31. The van der Waals surface area contributed by atoms with E-state index in [4.69, 9.17) is 5.73 Å². The fraction of sp³-hybridized carbons (Fsp3) is 0.923. The molecule has 3 heteroatoms. The minimum atomic E-state index is -0.308. The Hall–Kier alpha value is -0.570. The van der Waals surface area contributed by atoms with E-state index in [1.807, 2.05) is 0 Å². The minimum absolute atomic E-state index is 0.296. The summed E-state index contributed by atoms with van der Waals surface area (Å²) in [6.07, 6.45) is 5.09. The second-order valence-electron chi connectivity index (χ2n) is 4.89. The van der Waals surface area contributed by atoms with Gasteiger partial charge in [-0.25, -0.2) is 0 Å². The van der Waals surface area contributed by atoms with Gasteiger partial charge in [-0.3, -0.25) is 4.79 Å². The van der Waals surface area contributed by atoms with Crippen molar-refractivity contribution in [2.24, 2.45) is 11.1 Å². The molecule has 1 atom stereocenters. The van der Waals surface area contributed by atoms with E-state index in [9.17, 15) is 4.79 Å². The first-order chi connectivity index (χ1) is 7.65. The van der Waals surface area contributed by atoms with Crippen LogP contribution >= 0.6 is 0 Å². The molecule has 3 nitrogen and oxygen atoms in total. The van der Waals surface area contributed by atoms with Crippen molar-refractivity contribution in [1.29, 1.82) is 0 Å². The van der Waals surface area contributed by atoms with Crippen molar-refractivity contribution >= 4 is 5.91 Å². The van der Waals surface area contributed by atoms with Gasteiger partial charge in [0.1, 0.15) is 0 Å². The third kappa shape index (κ3) is 2.24. The van der Waals surface area contributed by atoms with Crippen molar-refractivity contribution in [1.82, 2.24) is 4.90 Å². The van der Waals surface area contributed by atoms with E-state index in [1.165, 1.54) is 0 Å². The van der Waals surface area contributed by atoms with E-state index in [1.54, 1.807) is 0 Å². The van der Waals surface area contributed by atoms with Gasteiger partial charge in [-0.2, -0.15) is 0 Å². The second kappa shape index (κ2) is 5.67. The number of carbonyl (C=O) groups is 1. The van der Waals surface area contributed by atoms with Crippen LogP contribution in [0.25, 0.3) is 0 Å². The number of hydrogen-bond donors (Lipinski definition) is 1. The first kappa shape index (κ1) is 13.5. The fourth-order valence-corrected chi connectivity index (χ4v) is 2.76. The summed E-state index contributed by atoms with van der Waals surface area (Å²) >= 11 is 0. The van der Waals surface area contributed by atoms with Crippen LogP contribution in [0.2, 0.25) is 0 Å². The molecule has 1 rings (SSSR count). The van der Waals surface area contributed by atoms with E-state index in [-0.39, 0.29) is 5.41 Å². The summed E-state index contributed by atoms with van der Waals surface area (Å²) in [4.78, 5) is 14.7. The van der Waals surface area contributed by atoms with Crippen LogP contribution in [0.15, 0.2) is 0 Å². The van der Waals surface area contributed by atoms with Crippen molar-refractivity contribution < 1.29 is 4.79 Å². The number of likely N-dealkylation sites (tertiary alicyclic amines) is 1. The normalized spacial score (nSPS) is 21.5. The first-order valence-electron chi connectivity index (χ1n) is 6.66. The molecule has 0 saturated carbocycles. The standard InChI is InChI=1S/C13H26N2O/c1-4-11-8-7-9-15(11)12(16)13(5-2,6-3)10-14/h11H,4-10,14H2,1-3H3. The number of carbonyl (C=O) groups excluding carboxylic acids is 1. The molecular weight excluding hydrogens is 200 g/mol. The Kier molecular flexibility index (Phi) is 4.78. The molecule has 0 spiro atoms. The molecular formula is C13H26N2O. The highest BCUT2D eigenvalue weighted by molar-refractivity contribution is 5.83. The van der Waals surface area contributed by atoms with Gasteiger partial charge in [-0.1, -0.05) is 20.8 Å². The van der Waals surface area contributed by atoms with Gasteiger partial charge in [-0.05, 0) is 32.1 Å². The van der Waals surface area contributed by atoms with E-state index < -0.39 is 0 Å². The summed E-state index contributed by atoms with van der Waals surface area (Å²) in [6, 6.07) is 0.455. The molecule has 1 amide bonds. The maximum atomic E-state index is 12.6. The molecule has 1 heterocycles. The van der Waals surface area contributed by atoms with Crippen molar-refractivity contribution in [2.45, 2.75) is 58.9 Å². The van der Waals surface area contributed by atoms with Crippen LogP contribution in [0, 0.1) is 5.41 Å².